The Morgan fingerprint density at radius 2 is 2.08 bits per heavy atom. The quantitative estimate of drug-likeness (QED) is 0.607. The minimum absolute atomic E-state index is 1.04. The highest BCUT2D eigenvalue weighted by molar-refractivity contribution is 5.53. The van der Waals surface area contributed by atoms with E-state index >= 15 is 0 Å². The Balaban J connectivity index is 2.93. The summed E-state index contributed by atoms with van der Waals surface area (Å²) in [6, 6.07) is 6.36. The minimum Gasteiger partial charge on any atom is -0.103 e. The van der Waals surface area contributed by atoms with Gasteiger partial charge in [0.05, 0.1) is 0 Å². The van der Waals surface area contributed by atoms with Crippen LogP contribution in [0.25, 0.3) is 6.08 Å². The molecule has 0 aliphatic rings. The summed E-state index contributed by atoms with van der Waals surface area (Å²) in [6.45, 7) is 9.67. The second-order valence-corrected chi connectivity index (χ2v) is 3.16. The number of hydrogen-bond acceptors (Lipinski definition) is 0. The van der Waals surface area contributed by atoms with Gasteiger partial charge in [0.25, 0.3) is 0 Å². The maximum absolute atomic E-state index is 3.79. The van der Waals surface area contributed by atoms with Crippen molar-refractivity contribution < 1.29 is 0 Å². The Morgan fingerprint density at radius 1 is 1.31 bits per heavy atom. The van der Waals surface area contributed by atoms with Crippen LogP contribution in [0.2, 0.25) is 0 Å². The predicted molar refractivity (Wildman–Crippen MR) is 59.8 cm³/mol. The van der Waals surface area contributed by atoms with E-state index in [1.165, 1.54) is 16.7 Å². The summed E-state index contributed by atoms with van der Waals surface area (Å²) in [5.74, 6) is 0. The molecular weight excluding hydrogens is 156 g/mol. The fourth-order valence-corrected chi connectivity index (χ4v) is 1.45. The zero-order valence-corrected chi connectivity index (χ0v) is 8.22. The molecule has 0 aliphatic heterocycles. The third-order valence-electron chi connectivity index (χ3n) is 2.33. The van der Waals surface area contributed by atoms with Gasteiger partial charge in [-0.2, -0.15) is 0 Å². The summed E-state index contributed by atoms with van der Waals surface area (Å²) >= 11 is 0. The van der Waals surface area contributed by atoms with E-state index in [9.17, 15) is 0 Å². The smallest absolute Gasteiger partial charge is 0.0230 e. The SMILES string of the molecule is C=CCCc1cccc(C=C)c1C. The summed E-state index contributed by atoms with van der Waals surface area (Å²) in [7, 11) is 0. The molecule has 0 unspecified atom stereocenters. The van der Waals surface area contributed by atoms with Gasteiger partial charge < -0.3 is 0 Å². The van der Waals surface area contributed by atoms with Gasteiger partial charge in [-0.15, -0.1) is 6.58 Å². The molecule has 1 aromatic rings. The van der Waals surface area contributed by atoms with Gasteiger partial charge in [-0.1, -0.05) is 36.9 Å². The van der Waals surface area contributed by atoms with Crippen LogP contribution in [-0.4, -0.2) is 0 Å². The predicted octanol–water partition coefficient (Wildman–Crippen LogP) is 3.76. The van der Waals surface area contributed by atoms with Crippen LogP contribution in [0.1, 0.15) is 23.1 Å². The molecule has 0 fully saturated rings. The first kappa shape index (κ1) is 9.79. The first-order valence-electron chi connectivity index (χ1n) is 4.61. The number of rotatable bonds is 4. The molecule has 0 heteroatoms. The average molecular weight is 172 g/mol. The lowest BCUT2D eigenvalue weighted by Crippen LogP contribution is -1.90. The van der Waals surface area contributed by atoms with Crippen LogP contribution < -0.4 is 0 Å². The fourth-order valence-electron chi connectivity index (χ4n) is 1.45. The largest absolute Gasteiger partial charge is 0.103 e. The summed E-state index contributed by atoms with van der Waals surface area (Å²) < 4.78 is 0. The molecule has 0 aliphatic carbocycles. The van der Waals surface area contributed by atoms with Crippen LogP contribution in [0.4, 0.5) is 0 Å². The molecule has 1 rings (SSSR count). The van der Waals surface area contributed by atoms with Gasteiger partial charge >= 0.3 is 0 Å². The monoisotopic (exact) mass is 172 g/mol. The minimum atomic E-state index is 1.04. The lowest BCUT2D eigenvalue weighted by Gasteiger charge is -2.06. The third kappa shape index (κ3) is 2.32. The standard InChI is InChI=1S/C13H16/c1-4-6-8-13-10-7-9-12(5-2)11(13)3/h4-5,7,9-10H,1-2,6,8H2,3H3. The van der Waals surface area contributed by atoms with Crippen LogP contribution >= 0.6 is 0 Å². The summed E-state index contributed by atoms with van der Waals surface area (Å²) in [5, 5.41) is 0. The van der Waals surface area contributed by atoms with Crippen LogP contribution in [0.5, 0.6) is 0 Å². The fraction of sp³-hybridized carbons (Fsp3) is 0.231. The molecule has 0 radical (unpaired) electrons. The molecule has 0 atom stereocenters. The van der Waals surface area contributed by atoms with Gasteiger partial charge in [0.15, 0.2) is 0 Å². The normalized spacial score (nSPS) is 9.62. The molecule has 0 amide bonds. The Labute approximate surface area is 80.6 Å². The average Bonchev–Trinajstić information content (AvgIpc) is 2.16. The molecular formula is C13H16. The van der Waals surface area contributed by atoms with Crippen molar-refractivity contribution >= 4 is 6.08 Å². The van der Waals surface area contributed by atoms with E-state index in [1.807, 2.05) is 12.2 Å². The lowest BCUT2D eigenvalue weighted by atomic mass is 9.99. The Hall–Kier alpha value is -1.30. The first-order valence-corrected chi connectivity index (χ1v) is 4.61. The van der Waals surface area contributed by atoms with Crippen molar-refractivity contribution in [2.75, 3.05) is 0 Å². The number of aryl methyl sites for hydroxylation is 1. The molecule has 0 aromatic heterocycles. The highest BCUT2D eigenvalue weighted by Gasteiger charge is 1.99. The van der Waals surface area contributed by atoms with Crippen molar-refractivity contribution in [3.8, 4) is 0 Å². The first-order chi connectivity index (χ1) is 6.29. The van der Waals surface area contributed by atoms with Crippen molar-refractivity contribution in [3.05, 3.63) is 54.1 Å². The Bertz CT molecular complexity index is 308. The lowest BCUT2D eigenvalue weighted by molar-refractivity contribution is 0.988. The Kier molecular flexibility index (Phi) is 3.51. The maximum Gasteiger partial charge on any atom is -0.0230 e. The van der Waals surface area contributed by atoms with Crippen molar-refractivity contribution in [3.63, 3.8) is 0 Å². The molecule has 1 aromatic carbocycles. The van der Waals surface area contributed by atoms with Gasteiger partial charge in [-0.05, 0) is 36.5 Å². The zero-order chi connectivity index (χ0) is 9.68. The molecule has 13 heavy (non-hydrogen) atoms. The molecule has 68 valence electrons. The summed E-state index contributed by atoms with van der Waals surface area (Å²) in [4.78, 5) is 0. The van der Waals surface area contributed by atoms with Gasteiger partial charge in [-0.3, -0.25) is 0 Å². The molecule has 0 spiro atoms. The van der Waals surface area contributed by atoms with E-state index in [1.54, 1.807) is 0 Å². The van der Waals surface area contributed by atoms with E-state index in [0.717, 1.165) is 12.8 Å². The number of allylic oxidation sites excluding steroid dienone is 1. The molecule has 0 bridgehead atoms. The van der Waals surface area contributed by atoms with Gasteiger partial charge in [0.1, 0.15) is 0 Å². The molecule has 0 heterocycles. The van der Waals surface area contributed by atoms with Crippen molar-refractivity contribution in [1.82, 2.24) is 0 Å². The Morgan fingerprint density at radius 3 is 2.69 bits per heavy atom. The summed E-state index contributed by atoms with van der Waals surface area (Å²) in [6.07, 6.45) is 5.99. The second-order valence-electron chi connectivity index (χ2n) is 3.16. The molecule has 0 N–H and O–H groups in total. The molecule has 0 saturated carbocycles. The topological polar surface area (TPSA) is 0 Å². The molecule has 0 saturated heterocycles. The van der Waals surface area contributed by atoms with Crippen molar-refractivity contribution in [2.24, 2.45) is 0 Å². The van der Waals surface area contributed by atoms with Crippen LogP contribution in [0.3, 0.4) is 0 Å². The van der Waals surface area contributed by atoms with E-state index in [0.29, 0.717) is 0 Å². The number of benzene rings is 1. The van der Waals surface area contributed by atoms with Gasteiger partial charge in [0, 0.05) is 0 Å². The number of hydrogen-bond donors (Lipinski definition) is 0. The van der Waals surface area contributed by atoms with Crippen molar-refractivity contribution in [1.29, 1.82) is 0 Å². The third-order valence-corrected chi connectivity index (χ3v) is 2.33. The van der Waals surface area contributed by atoms with Crippen LogP contribution in [0.15, 0.2) is 37.4 Å². The van der Waals surface area contributed by atoms with Crippen molar-refractivity contribution in [2.45, 2.75) is 19.8 Å². The maximum atomic E-state index is 3.79. The molecule has 0 nitrogen and oxygen atoms in total. The van der Waals surface area contributed by atoms with Crippen LogP contribution in [-0.2, 0) is 6.42 Å². The highest BCUT2D eigenvalue weighted by atomic mass is 14.0. The van der Waals surface area contributed by atoms with E-state index in [-0.39, 0.29) is 0 Å². The van der Waals surface area contributed by atoms with Gasteiger partial charge in [-0.25, -0.2) is 0 Å². The second kappa shape index (κ2) is 4.66. The zero-order valence-electron chi connectivity index (χ0n) is 8.22. The van der Waals surface area contributed by atoms with E-state index in [2.05, 4.69) is 38.3 Å². The van der Waals surface area contributed by atoms with Gasteiger partial charge in [0.2, 0.25) is 0 Å². The highest BCUT2D eigenvalue weighted by Crippen LogP contribution is 2.16. The van der Waals surface area contributed by atoms with E-state index in [4.69, 9.17) is 0 Å². The van der Waals surface area contributed by atoms with E-state index < -0.39 is 0 Å². The van der Waals surface area contributed by atoms with Crippen LogP contribution in [0, 0.1) is 6.92 Å². The summed E-state index contributed by atoms with van der Waals surface area (Å²) in [5.41, 5.74) is 3.98.